The number of hydrogen-bond acceptors (Lipinski definition) is 4. The zero-order chi connectivity index (χ0) is 15.5. The molecular formula is C10H18F3NO4S. The summed E-state index contributed by atoms with van der Waals surface area (Å²) in [5, 5.41) is 0. The minimum atomic E-state index is -5.47. The minimum absolute atomic E-state index is 0.393. The maximum Gasteiger partial charge on any atom is 0.511 e. The predicted molar refractivity (Wildman–Crippen MR) is 62.6 cm³/mol. The average molecular weight is 305 g/mol. The van der Waals surface area contributed by atoms with Gasteiger partial charge in [-0.1, -0.05) is 13.8 Å². The van der Waals surface area contributed by atoms with Crippen LogP contribution in [0.15, 0.2) is 0 Å². The lowest BCUT2D eigenvalue weighted by molar-refractivity contribution is -0.149. The molecule has 1 unspecified atom stereocenters. The fourth-order valence-corrected chi connectivity index (χ4v) is 1.91. The quantitative estimate of drug-likeness (QED) is 0.759. The van der Waals surface area contributed by atoms with Gasteiger partial charge in [-0.25, -0.2) is 8.42 Å². The van der Waals surface area contributed by atoms with Gasteiger partial charge in [0.15, 0.2) is 0 Å². The Labute approximate surface area is 110 Å². The summed E-state index contributed by atoms with van der Waals surface area (Å²) >= 11 is 0. The van der Waals surface area contributed by atoms with Crippen LogP contribution in [0, 0.1) is 5.92 Å². The van der Waals surface area contributed by atoms with Crippen molar-refractivity contribution in [2.24, 2.45) is 5.92 Å². The maximum absolute atomic E-state index is 12.2. The first-order chi connectivity index (χ1) is 8.32. The normalized spacial score (nSPS) is 15.1. The van der Waals surface area contributed by atoms with Crippen molar-refractivity contribution in [2.45, 2.75) is 45.2 Å². The van der Waals surface area contributed by atoms with Gasteiger partial charge in [0.2, 0.25) is 0 Å². The van der Waals surface area contributed by atoms with Gasteiger partial charge in [0, 0.05) is 0 Å². The van der Waals surface area contributed by atoms with E-state index < -0.39 is 39.6 Å². The molecule has 0 saturated carbocycles. The van der Waals surface area contributed by atoms with E-state index in [0.29, 0.717) is 6.42 Å². The molecule has 0 amide bonds. The van der Waals surface area contributed by atoms with Gasteiger partial charge in [0.25, 0.3) is 0 Å². The van der Waals surface area contributed by atoms with Gasteiger partial charge in [-0.05, 0) is 20.3 Å². The van der Waals surface area contributed by atoms with Crippen molar-refractivity contribution >= 4 is 16.0 Å². The van der Waals surface area contributed by atoms with E-state index in [2.05, 4.69) is 0 Å². The number of nitrogens with one attached hydrogen (secondary N) is 1. The van der Waals surface area contributed by atoms with Gasteiger partial charge in [-0.3, -0.25) is 4.79 Å². The molecule has 0 spiro atoms. The summed E-state index contributed by atoms with van der Waals surface area (Å²) in [6.45, 7) is 5.27. The standard InChI is InChI=1S/C10H18F3NO4S/c1-5-7(2)8(15)18-6-9(3,4)14-19(16,17)10(11,12)13/h7,14H,5-6H2,1-4H3. The largest absolute Gasteiger partial charge is 0.511 e. The second-order valence-corrected chi connectivity index (χ2v) is 6.53. The molecule has 0 aromatic heterocycles. The molecule has 0 rings (SSSR count). The lowest BCUT2D eigenvalue weighted by Gasteiger charge is -2.26. The second kappa shape index (κ2) is 6.08. The topological polar surface area (TPSA) is 72.5 Å². The molecule has 9 heteroatoms. The number of alkyl halides is 3. The average Bonchev–Trinajstić information content (AvgIpc) is 2.21. The van der Waals surface area contributed by atoms with Crippen LogP contribution in [0.5, 0.6) is 0 Å². The molecular weight excluding hydrogens is 287 g/mol. The van der Waals surface area contributed by atoms with Gasteiger partial charge >= 0.3 is 21.5 Å². The Morgan fingerprint density at radius 1 is 1.32 bits per heavy atom. The van der Waals surface area contributed by atoms with E-state index >= 15 is 0 Å². The van der Waals surface area contributed by atoms with Crippen LogP contribution in [0.2, 0.25) is 0 Å². The molecule has 114 valence electrons. The molecule has 0 saturated heterocycles. The number of ether oxygens (including phenoxy) is 1. The van der Waals surface area contributed by atoms with Crippen LogP contribution in [0.4, 0.5) is 13.2 Å². The summed E-state index contributed by atoms with van der Waals surface area (Å²) in [4.78, 5) is 11.4. The van der Waals surface area contributed by atoms with E-state index in [1.54, 1.807) is 13.8 Å². The first kappa shape index (κ1) is 18.2. The van der Waals surface area contributed by atoms with Crippen molar-refractivity contribution < 1.29 is 31.1 Å². The number of carbonyl (C=O) groups excluding carboxylic acids is 1. The van der Waals surface area contributed by atoms with Crippen LogP contribution in [0.3, 0.4) is 0 Å². The maximum atomic E-state index is 12.2. The van der Waals surface area contributed by atoms with Gasteiger partial charge < -0.3 is 4.74 Å². The van der Waals surface area contributed by atoms with Crippen molar-refractivity contribution in [3.05, 3.63) is 0 Å². The van der Waals surface area contributed by atoms with Crippen LogP contribution in [0.1, 0.15) is 34.1 Å². The fraction of sp³-hybridized carbons (Fsp3) is 0.900. The first-order valence-corrected chi connectivity index (χ1v) is 7.07. The van der Waals surface area contributed by atoms with Crippen molar-refractivity contribution in [1.29, 1.82) is 0 Å². The molecule has 0 aliphatic rings. The molecule has 5 nitrogen and oxygen atoms in total. The molecule has 0 bridgehead atoms. The Balaban J connectivity index is 4.63. The second-order valence-electron chi connectivity index (χ2n) is 4.85. The van der Waals surface area contributed by atoms with Crippen molar-refractivity contribution in [3.8, 4) is 0 Å². The lowest BCUT2D eigenvalue weighted by Crippen LogP contribution is -2.51. The molecule has 0 aliphatic carbocycles. The SMILES string of the molecule is CCC(C)C(=O)OCC(C)(C)NS(=O)(=O)C(F)(F)F. The van der Waals surface area contributed by atoms with E-state index in [0.717, 1.165) is 0 Å². The van der Waals surface area contributed by atoms with Crippen molar-refractivity contribution in [1.82, 2.24) is 4.72 Å². The number of halogens is 3. The van der Waals surface area contributed by atoms with Gasteiger partial charge in [0.1, 0.15) is 6.61 Å². The van der Waals surface area contributed by atoms with Crippen molar-refractivity contribution in [2.75, 3.05) is 6.61 Å². The molecule has 19 heavy (non-hydrogen) atoms. The minimum Gasteiger partial charge on any atom is -0.463 e. The van der Waals surface area contributed by atoms with Crippen LogP contribution in [0.25, 0.3) is 0 Å². The number of sulfonamides is 1. The third-order valence-corrected chi connectivity index (χ3v) is 3.74. The number of hydrogen-bond donors (Lipinski definition) is 1. The van der Waals surface area contributed by atoms with Crippen molar-refractivity contribution in [3.63, 3.8) is 0 Å². The first-order valence-electron chi connectivity index (χ1n) is 5.59. The Bertz CT molecular complexity index is 417. The summed E-state index contributed by atoms with van der Waals surface area (Å²) in [5.74, 6) is -0.975. The molecule has 1 N–H and O–H groups in total. The summed E-state index contributed by atoms with van der Waals surface area (Å²) in [5.41, 5.74) is -6.94. The molecule has 0 aliphatic heterocycles. The predicted octanol–water partition coefficient (Wildman–Crippen LogP) is 1.79. The van der Waals surface area contributed by atoms with E-state index in [1.807, 2.05) is 0 Å². The molecule has 0 fully saturated rings. The van der Waals surface area contributed by atoms with Gasteiger partial charge in [0.05, 0.1) is 11.5 Å². The Morgan fingerprint density at radius 2 is 1.79 bits per heavy atom. The fourth-order valence-electron chi connectivity index (χ4n) is 1.01. The Kier molecular flexibility index (Phi) is 5.82. The Morgan fingerprint density at radius 3 is 2.16 bits per heavy atom. The zero-order valence-electron chi connectivity index (χ0n) is 11.2. The smallest absolute Gasteiger partial charge is 0.463 e. The third kappa shape index (κ3) is 5.77. The third-order valence-electron chi connectivity index (χ3n) is 2.31. The van der Waals surface area contributed by atoms with E-state index in [-0.39, 0.29) is 0 Å². The summed E-state index contributed by atoms with van der Waals surface area (Å²) in [7, 11) is -5.47. The highest BCUT2D eigenvalue weighted by Gasteiger charge is 2.48. The number of rotatable bonds is 6. The molecule has 0 heterocycles. The van der Waals surface area contributed by atoms with Crippen LogP contribution >= 0.6 is 0 Å². The van der Waals surface area contributed by atoms with Crippen LogP contribution in [-0.2, 0) is 19.6 Å². The number of carbonyl (C=O) groups is 1. The van der Waals surface area contributed by atoms with E-state index in [4.69, 9.17) is 4.74 Å². The summed E-state index contributed by atoms with van der Waals surface area (Å²) in [6, 6.07) is 0. The highest BCUT2D eigenvalue weighted by molar-refractivity contribution is 7.90. The Hall–Kier alpha value is -0.830. The molecule has 1 atom stereocenters. The molecule has 0 radical (unpaired) electrons. The molecule has 0 aromatic carbocycles. The van der Waals surface area contributed by atoms with E-state index in [9.17, 15) is 26.4 Å². The van der Waals surface area contributed by atoms with Crippen LogP contribution < -0.4 is 4.72 Å². The van der Waals surface area contributed by atoms with E-state index in [1.165, 1.54) is 18.6 Å². The summed E-state index contributed by atoms with van der Waals surface area (Å²) < 4.78 is 64.7. The zero-order valence-corrected chi connectivity index (χ0v) is 12.0. The van der Waals surface area contributed by atoms with Gasteiger partial charge in [-0.15, -0.1) is 0 Å². The molecule has 0 aromatic rings. The number of esters is 1. The lowest BCUT2D eigenvalue weighted by atomic mass is 10.1. The highest BCUT2D eigenvalue weighted by atomic mass is 32.2. The van der Waals surface area contributed by atoms with Crippen LogP contribution in [-0.4, -0.2) is 32.0 Å². The monoisotopic (exact) mass is 305 g/mol. The summed E-state index contributed by atoms with van der Waals surface area (Å²) in [6.07, 6.45) is 0.521. The highest BCUT2D eigenvalue weighted by Crippen LogP contribution is 2.23. The van der Waals surface area contributed by atoms with Gasteiger partial charge in [-0.2, -0.15) is 17.9 Å².